The fraction of sp³-hybridized carbons (Fsp3) is 0.286. The summed E-state index contributed by atoms with van der Waals surface area (Å²) in [5, 5.41) is 7.30. The van der Waals surface area contributed by atoms with Crippen LogP contribution >= 0.6 is 11.6 Å². The third kappa shape index (κ3) is 3.17. The van der Waals surface area contributed by atoms with Crippen LogP contribution in [0, 0.1) is 19.7 Å². The molecule has 0 atom stereocenters. The molecule has 1 N–H and O–H groups in total. The molecular formula is C14H17ClFN3O. The second-order valence-corrected chi connectivity index (χ2v) is 4.46. The van der Waals surface area contributed by atoms with Gasteiger partial charge >= 0.3 is 0 Å². The van der Waals surface area contributed by atoms with E-state index in [1.54, 1.807) is 11.7 Å². The van der Waals surface area contributed by atoms with Crippen LogP contribution in [0.4, 0.5) is 10.1 Å². The van der Waals surface area contributed by atoms with Gasteiger partial charge in [0, 0.05) is 18.6 Å². The van der Waals surface area contributed by atoms with E-state index in [4.69, 9.17) is 16.4 Å². The number of hydrogen-bond acceptors (Lipinski definition) is 3. The maximum absolute atomic E-state index is 14.2. The number of anilines is 1. The van der Waals surface area contributed by atoms with E-state index in [1.807, 2.05) is 32.8 Å². The molecule has 0 aliphatic carbocycles. The molecule has 0 saturated heterocycles. The Hall–Kier alpha value is -1.88. The molecule has 1 aromatic heterocycles. The molecule has 0 fully saturated rings. The normalized spacial score (nSPS) is 9.85. The first-order valence-electron chi connectivity index (χ1n) is 5.95. The van der Waals surface area contributed by atoms with Gasteiger partial charge in [0.1, 0.15) is 12.5 Å². The Kier molecular flexibility index (Phi) is 5.70. The topological polar surface area (TPSA) is 46.9 Å². The zero-order valence-corrected chi connectivity index (χ0v) is 12.5. The highest BCUT2D eigenvalue weighted by atomic mass is 35.5. The van der Waals surface area contributed by atoms with Crippen molar-refractivity contribution in [2.45, 2.75) is 19.7 Å². The third-order valence-electron chi connectivity index (χ3n) is 2.77. The van der Waals surface area contributed by atoms with Gasteiger partial charge < -0.3 is 10.1 Å². The zero-order chi connectivity index (χ0) is 15.3. The van der Waals surface area contributed by atoms with Gasteiger partial charge in [-0.05, 0) is 37.6 Å². The van der Waals surface area contributed by atoms with Crippen molar-refractivity contribution in [2.75, 3.05) is 12.4 Å². The molecule has 1 aromatic carbocycles. The molecule has 20 heavy (non-hydrogen) atoms. The van der Waals surface area contributed by atoms with Crippen molar-refractivity contribution in [3.63, 3.8) is 0 Å². The van der Waals surface area contributed by atoms with Gasteiger partial charge in [0.25, 0.3) is 0 Å². The van der Waals surface area contributed by atoms with Crippen molar-refractivity contribution in [3.8, 4) is 5.69 Å². The van der Waals surface area contributed by atoms with E-state index < -0.39 is 0 Å². The highest BCUT2D eigenvalue weighted by molar-refractivity contribution is 6.17. The Morgan fingerprint density at radius 2 is 2.00 bits per heavy atom. The van der Waals surface area contributed by atoms with Crippen LogP contribution in [0.3, 0.4) is 0 Å². The van der Waals surface area contributed by atoms with E-state index in [0.29, 0.717) is 11.4 Å². The van der Waals surface area contributed by atoms with Gasteiger partial charge in [0.05, 0.1) is 11.4 Å². The molecule has 2 rings (SSSR count). The molecule has 2 aromatic rings. The fourth-order valence-electron chi connectivity index (χ4n) is 1.99. The summed E-state index contributed by atoms with van der Waals surface area (Å²) in [5.74, 6) is -0.0492. The molecule has 0 bridgehead atoms. The quantitative estimate of drug-likeness (QED) is 0.885. The van der Waals surface area contributed by atoms with Gasteiger partial charge in [-0.15, -0.1) is 11.6 Å². The average molecular weight is 298 g/mol. The number of benzene rings is 1. The largest absolute Gasteiger partial charge is 0.386 e. The van der Waals surface area contributed by atoms with Gasteiger partial charge in [-0.25, -0.2) is 9.07 Å². The van der Waals surface area contributed by atoms with Crippen LogP contribution in [0.25, 0.3) is 5.69 Å². The number of alkyl halides is 1. The number of carbonyl (C=O) groups excluding carboxylic acids is 1. The SMILES string of the molecule is C=O.CNc1cc(CCl)cc(F)c1-n1nc(C)cc1C. The van der Waals surface area contributed by atoms with Gasteiger partial charge in [-0.2, -0.15) is 5.10 Å². The van der Waals surface area contributed by atoms with Gasteiger partial charge in [0.15, 0.2) is 5.82 Å². The molecule has 0 spiro atoms. The Balaban J connectivity index is 0.000000956. The molecule has 6 heteroatoms. The lowest BCUT2D eigenvalue weighted by atomic mass is 10.1. The highest BCUT2D eigenvalue weighted by Gasteiger charge is 2.15. The summed E-state index contributed by atoms with van der Waals surface area (Å²) in [7, 11) is 1.75. The van der Waals surface area contributed by atoms with Crippen molar-refractivity contribution in [1.82, 2.24) is 9.78 Å². The molecular weight excluding hydrogens is 281 g/mol. The first kappa shape index (κ1) is 16.2. The van der Waals surface area contributed by atoms with Crippen molar-refractivity contribution in [2.24, 2.45) is 0 Å². The van der Waals surface area contributed by atoms with E-state index in [0.717, 1.165) is 17.0 Å². The second kappa shape index (κ2) is 7.05. The van der Waals surface area contributed by atoms with E-state index in [-0.39, 0.29) is 11.7 Å². The maximum atomic E-state index is 14.2. The molecule has 108 valence electrons. The van der Waals surface area contributed by atoms with Crippen LogP contribution in [0.5, 0.6) is 0 Å². The lowest BCUT2D eigenvalue weighted by Crippen LogP contribution is -2.07. The zero-order valence-electron chi connectivity index (χ0n) is 11.7. The maximum Gasteiger partial charge on any atom is 0.151 e. The van der Waals surface area contributed by atoms with Gasteiger partial charge in [0.2, 0.25) is 0 Å². The molecule has 0 amide bonds. The van der Waals surface area contributed by atoms with Crippen LogP contribution in [-0.2, 0) is 10.7 Å². The molecule has 0 saturated carbocycles. The summed E-state index contributed by atoms with van der Waals surface area (Å²) in [5.41, 5.74) is 3.59. The molecule has 0 unspecified atom stereocenters. The summed E-state index contributed by atoms with van der Waals surface area (Å²) < 4.78 is 15.8. The minimum atomic E-state index is -0.330. The van der Waals surface area contributed by atoms with E-state index in [9.17, 15) is 4.39 Å². The fourth-order valence-corrected chi connectivity index (χ4v) is 2.15. The Morgan fingerprint density at radius 1 is 1.35 bits per heavy atom. The van der Waals surface area contributed by atoms with E-state index in [1.165, 1.54) is 6.07 Å². The van der Waals surface area contributed by atoms with E-state index in [2.05, 4.69) is 10.4 Å². The second-order valence-electron chi connectivity index (χ2n) is 4.20. The summed E-state index contributed by atoms with van der Waals surface area (Å²) in [4.78, 5) is 8.00. The van der Waals surface area contributed by atoms with Crippen molar-refractivity contribution in [3.05, 3.63) is 41.0 Å². The number of aromatic nitrogens is 2. The van der Waals surface area contributed by atoms with Gasteiger partial charge in [-0.3, -0.25) is 0 Å². The lowest BCUT2D eigenvalue weighted by Gasteiger charge is -2.13. The van der Waals surface area contributed by atoms with E-state index >= 15 is 0 Å². The first-order valence-corrected chi connectivity index (χ1v) is 6.49. The van der Waals surface area contributed by atoms with Crippen LogP contribution < -0.4 is 5.32 Å². The predicted octanol–water partition coefficient (Wildman–Crippen LogP) is 3.22. The number of carbonyl (C=O) groups is 1. The standard InChI is InChI=1S/C13H15ClFN3.CH2O/c1-8-4-9(2)18(17-8)13-11(15)5-10(7-14)6-12(13)16-3;1-2/h4-6,16H,7H2,1-3H3;1H2. The Labute approximate surface area is 122 Å². The molecule has 0 radical (unpaired) electrons. The highest BCUT2D eigenvalue weighted by Crippen LogP contribution is 2.27. The summed E-state index contributed by atoms with van der Waals surface area (Å²) in [6.07, 6.45) is 0. The minimum Gasteiger partial charge on any atom is -0.386 e. The molecule has 1 heterocycles. The smallest absolute Gasteiger partial charge is 0.151 e. The molecule has 0 aliphatic rings. The Bertz CT molecular complexity index is 598. The number of halogens is 2. The number of rotatable bonds is 3. The minimum absolute atomic E-state index is 0.281. The predicted molar refractivity (Wildman–Crippen MR) is 79.2 cm³/mol. The number of hydrogen-bond donors (Lipinski definition) is 1. The number of aryl methyl sites for hydroxylation is 2. The summed E-state index contributed by atoms with van der Waals surface area (Å²) >= 11 is 5.74. The van der Waals surface area contributed by atoms with Crippen molar-refractivity contribution >= 4 is 24.1 Å². The molecule has 0 aliphatic heterocycles. The number of nitrogens with one attached hydrogen (secondary N) is 1. The number of nitrogens with zero attached hydrogens (tertiary/aromatic N) is 2. The lowest BCUT2D eigenvalue weighted by molar-refractivity contribution is -0.0979. The van der Waals surface area contributed by atoms with Gasteiger partial charge in [-0.1, -0.05) is 0 Å². The third-order valence-corrected chi connectivity index (χ3v) is 3.08. The average Bonchev–Trinajstić information content (AvgIpc) is 2.78. The van der Waals surface area contributed by atoms with Crippen LogP contribution in [0.2, 0.25) is 0 Å². The summed E-state index contributed by atoms with van der Waals surface area (Å²) in [6.45, 7) is 5.78. The van der Waals surface area contributed by atoms with Crippen molar-refractivity contribution < 1.29 is 9.18 Å². The first-order chi connectivity index (χ1) is 9.56. The monoisotopic (exact) mass is 297 g/mol. The van der Waals surface area contributed by atoms with Crippen molar-refractivity contribution in [1.29, 1.82) is 0 Å². The van der Waals surface area contributed by atoms with Crippen LogP contribution in [0.1, 0.15) is 17.0 Å². The van der Waals surface area contributed by atoms with Crippen LogP contribution in [-0.4, -0.2) is 23.6 Å². The Morgan fingerprint density at radius 3 is 2.45 bits per heavy atom. The van der Waals surface area contributed by atoms with Crippen LogP contribution in [0.15, 0.2) is 18.2 Å². The summed E-state index contributed by atoms with van der Waals surface area (Å²) in [6, 6.07) is 5.19. The molecule has 4 nitrogen and oxygen atoms in total.